The number of likely N-dealkylation sites (tertiary alicyclic amines) is 1. The number of pyridine rings is 1. The Bertz CT molecular complexity index is 1220. The largest absolute Gasteiger partial charge is 0.404 e. The lowest BCUT2D eigenvalue weighted by Crippen LogP contribution is -2.40. The van der Waals surface area contributed by atoms with Crippen LogP contribution in [0.15, 0.2) is 58.3 Å². The maximum atomic E-state index is 12.3. The molecule has 1 amide bonds. The zero-order valence-corrected chi connectivity index (χ0v) is 18.8. The molecule has 2 fully saturated rings. The number of hydrogen-bond donors (Lipinski definition) is 2. The number of piperidine rings is 1. The molecule has 0 spiro atoms. The highest BCUT2D eigenvalue weighted by atomic mass is 16.5. The number of nitrogens with two attached hydrogens (primary N) is 2. The fraction of sp³-hybridized carbons (Fsp3) is 0.320. The van der Waals surface area contributed by atoms with E-state index in [0.717, 1.165) is 49.9 Å². The molecular weight excluding hydrogens is 430 g/mol. The van der Waals surface area contributed by atoms with E-state index in [1.807, 2.05) is 41.3 Å². The van der Waals surface area contributed by atoms with E-state index in [1.165, 1.54) is 6.20 Å². The first-order valence-electron chi connectivity index (χ1n) is 11.5. The number of benzene rings is 1. The molecule has 2 aromatic heterocycles. The molecule has 34 heavy (non-hydrogen) atoms. The molecule has 9 nitrogen and oxygen atoms in total. The van der Waals surface area contributed by atoms with E-state index in [0.29, 0.717) is 22.9 Å². The lowest BCUT2D eigenvalue weighted by molar-refractivity contribution is -0.133. The van der Waals surface area contributed by atoms with E-state index in [4.69, 9.17) is 21.0 Å². The molecule has 0 radical (unpaired) electrons. The van der Waals surface area contributed by atoms with Gasteiger partial charge in [-0.3, -0.25) is 9.79 Å². The highest BCUT2D eigenvalue weighted by Crippen LogP contribution is 2.32. The van der Waals surface area contributed by atoms with Crippen molar-refractivity contribution in [1.29, 1.82) is 0 Å². The van der Waals surface area contributed by atoms with Gasteiger partial charge in [-0.1, -0.05) is 35.5 Å². The summed E-state index contributed by atoms with van der Waals surface area (Å²) in [6.45, 7) is 1.51. The van der Waals surface area contributed by atoms with Gasteiger partial charge in [-0.05, 0) is 31.7 Å². The Hall–Kier alpha value is -4.01. The van der Waals surface area contributed by atoms with Crippen LogP contribution >= 0.6 is 0 Å². The Morgan fingerprint density at radius 3 is 2.62 bits per heavy atom. The minimum Gasteiger partial charge on any atom is -0.404 e. The molecule has 1 saturated heterocycles. The average molecular weight is 458 g/mol. The average Bonchev–Trinajstić information content (AvgIpc) is 3.62. The smallest absolute Gasteiger partial charge is 0.262 e. The molecule has 3 aromatic rings. The second-order valence-corrected chi connectivity index (χ2v) is 8.68. The number of rotatable bonds is 6. The van der Waals surface area contributed by atoms with Crippen LogP contribution in [0.1, 0.15) is 31.2 Å². The molecular formula is C25H27N7O2. The molecule has 0 bridgehead atoms. The van der Waals surface area contributed by atoms with Gasteiger partial charge in [-0.15, -0.1) is 0 Å². The summed E-state index contributed by atoms with van der Waals surface area (Å²) < 4.78 is 5.46. The minimum atomic E-state index is 0.156. The standard InChI is InChI=1S/C25H27N7O2/c26-13-19(15-28-20-8-10-32(11-9-20)25(33)17-6-7-17)18-12-21(22(27)29-14-18)24-30-23(31-34-24)16-4-2-1-3-5-16/h1-5,12-15,17,20H,6-11,26H2,(H2,27,29). The number of anilines is 1. The molecule has 3 heterocycles. The maximum absolute atomic E-state index is 12.3. The van der Waals surface area contributed by atoms with E-state index in [-0.39, 0.29) is 23.7 Å². The van der Waals surface area contributed by atoms with Crippen molar-refractivity contribution in [3.8, 4) is 22.8 Å². The number of carbonyl (C=O) groups is 1. The highest BCUT2D eigenvalue weighted by Gasteiger charge is 2.34. The van der Waals surface area contributed by atoms with Gasteiger partial charge in [0.25, 0.3) is 5.89 Å². The van der Waals surface area contributed by atoms with Crippen LogP contribution in [0.4, 0.5) is 5.82 Å². The Kier molecular flexibility index (Phi) is 6.07. The summed E-state index contributed by atoms with van der Waals surface area (Å²) in [4.78, 5) is 27.7. The number of hydrogen-bond acceptors (Lipinski definition) is 8. The van der Waals surface area contributed by atoms with Crippen LogP contribution in [0, 0.1) is 5.92 Å². The third kappa shape index (κ3) is 4.68. The summed E-state index contributed by atoms with van der Waals surface area (Å²) in [5.74, 6) is 1.62. The van der Waals surface area contributed by atoms with E-state index >= 15 is 0 Å². The molecule has 1 aromatic carbocycles. The Morgan fingerprint density at radius 2 is 1.91 bits per heavy atom. The van der Waals surface area contributed by atoms with E-state index in [1.54, 1.807) is 12.4 Å². The van der Waals surface area contributed by atoms with Gasteiger partial charge in [-0.25, -0.2) is 4.98 Å². The first-order chi connectivity index (χ1) is 16.6. The fourth-order valence-electron chi connectivity index (χ4n) is 4.07. The molecule has 1 aliphatic heterocycles. The van der Waals surface area contributed by atoms with Crippen molar-refractivity contribution in [2.75, 3.05) is 18.8 Å². The third-order valence-electron chi connectivity index (χ3n) is 6.25. The summed E-state index contributed by atoms with van der Waals surface area (Å²) in [7, 11) is 0. The molecule has 0 atom stereocenters. The van der Waals surface area contributed by atoms with Crippen molar-refractivity contribution in [2.45, 2.75) is 31.7 Å². The first kappa shape index (κ1) is 21.8. The highest BCUT2D eigenvalue weighted by molar-refractivity contribution is 6.10. The van der Waals surface area contributed by atoms with E-state index < -0.39 is 0 Å². The Balaban J connectivity index is 1.29. The molecule has 5 rings (SSSR count). The molecule has 1 saturated carbocycles. The summed E-state index contributed by atoms with van der Waals surface area (Å²) in [6, 6.07) is 11.5. The van der Waals surface area contributed by atoms with Crippen LogP contribution in [-0.4, -0.2) is 51.3 Å². The predicted octanol–water partition coefficient (Wildman–Crippen LogP) is 3.15. The number of amides is 1. The molecule has 0 unspecified atom stereocenters. The lowest BCUT2D eigenvalue weighted by atomic mass is 10.0. The second kappa shape index (κ2) is 9.46. The molecule has 2 aliphatic rings. The van der Waals surface area contributed by atoms with Gasteiger partial charge < -0.3 is 20.9 Å². The quantitative estimate of drug-likeness (QED) is 0.543. The van der Waals surface area contributed by atoms with Gasteiger partial charge in [0.05, 0.1) is 11.6 Å². The van der Waals surface area contributed by atoms with Crippen molar-refractivity contribution in [1.82, 2.24) is 20.0 Å². The monoisotopic (exact) mass is 457 g/mol. The van der Waals surface area contributed by atoms with Gasteiger partial charge in [0.2, 0.25) is 11.7 Å². The number of aromatic nitrogens is 3. The zero-order valence-electron chi connectivity index (χ0n) is 18.8. The van der Waals surface area contributed by atoms with Crippen molar-refractivity contribution >= 4 is 23.5 Å². The topological polar surface area (TPSA) is 137 Å². The van der Waals surface area contributed by atoms with E-state index in [2.05, 4.69) is 15.1 Å². The third-order valence-corrected chi connectivity index (χ3v) is 6.25. The number of allylic oxidation sites excluding steroid dienone is 1. The van der Waals surface area contributed by atoms with Crippen LogP contribution in [-0.2, 0) is 4.79 Å². The Morgan fingerprint density at radius 1 is 1.15 bits per heavy atom. The van der Waals surface area contributed by atoms with Crippen molar-refractivity contribution in [3.63, 3.8) is 0 Å². The van der Waals surface area contributed by atoms with Crippen molar-refractivity contribution < 1.29 is 9.32 Å². The summed E-state index contributed by atoms with van der Waals surface area (Å²) in [5.41, 5.74) is 14.9. The minimum absolute atomic E-state index is 0.156. The van der Waals surface area contributed by atoms with Crippen LogP contribution in [0.5, 0.6) is 0 Å². The van der Waals surface area contributed by atoms with Crippen LogP contribution in [0.2, 0.25) is 0 Å². The fourth-order valence-corrected chi connectivity index (χ4v) is 4.07. The van der Waals surface area contributed by atoms with Crippen molar-refractivity contribution in [3.05, 3.63) is 54.4 Å². The summed E-state index contributed by atoms with van der Waals surface area (Å²) in [6.07, 6.45) is 8.69. The summed E-state index contributed by atoms with van der Waals surface area (Å²) >= 11 is 0. The van der Waals surface area contributed by atoms with Crippen LogP contribution in [0.3, 0.4) is 0 Å². The van der Waals surface area contributed by atoms with Crippen LogP contribution < -0.4 is 11.5 Å². The number of carbonyl (C=O) groups excluding carboxylic acids is 1. The van der Waals surface area contributed by atoms with Gasteiger partial charge in [0.1, 0.15) is 5.82 Å². The maximum Gasteiger partial charge on any atom is 0.262 e. The van der Waals surface area contributed by atoms with Gasteiger partial charge in [0.15, 0.2) is 0 Å². The lowest BCUT2D eigenvalue weighted by Gasteiger charge is -2.30. The SMILES string of the molecule is NC=C(C=NC1CCN(C(=O)C2CC2)CC1)c1cnc(N)c(-c2nc(-c3ccccc3)no2)c1. The molecule has 1 aliphatic carbocycles. The van der Waals surface area contributed by atoms with Crippen molar-refractivity contribution in [2.24, 2.45) is 16.6 Å². The van der Waals surface area contributed by atoms with E-state index in [9.17, 15) is 4.79 Å². The molecule has 4 N–H and O–H groups in total. The van der Waals surface area contributed by atoms with Gasteiger partial charge >= 0.3 is 0 Å². The number of nitrogen functional groups attached to an aromatic ring is 1. The molecule has 174 valence electrons. The first-order valence-corrected chi connectivity index (χ1v) is 11.5. The molecule has 9 heteroatoms. The number of nitrogens with zero attached hydrogens (tertiary/aromatic N) is 5. The Labute approximate surface area is 197 Å². The predicted molar refractivity (Wildman–Crippen MR) is 130 cm³/mol. The van der Waals surface area contributed by atoms with Gasteiger partial charge in [-0.2, -0.15) is 4.98 Å². The van der Waals surface area contributed by atoms with Gasteiger partial charge in [0, 0.05) is 54.3 Å². The summed E-state index contributed by atoms with van der Waals surface area (Å²) in [5, 5.41) is 4.07. The zero-order chi connectivity index (χ0) is 23.5. The second-order valence-electron chi connectivity index (χ2n) is 8.68. The number of aliphatic imine (C=N–C) groups is 1. The normalized spacial score (nSPS) is 17.4. The van der Waals surface area contributed by atoms with Crippen LogP contribution in [0.25, 0.3) is 28.4 Å².